The Hall–Kier alpha value is -1.88. The third-order valence-electron chi connectivity index (χ3n) is 2.87. The zero-order valence-corrected chi connectivity index (χ0v) is 12.3. The molecule has 0 saturated carbocycles. The Bertz CT molecular complexity index is 617. The average molecular weight is 337 g/mol. The third kappa shape index (κ3) is 3.57. The number of anilines is 1. The smallest absolute Gasteiger partial charge is 0.252 e. The summed E-state index contributed by atoms with van der Waals surface area (Å²) in [5, 5.41) is 2.79. The Morgan fingerprint density at radius 2 is 1.95 bits per heavy atom. The molecule has 2 aromatic carbocycles. The monoisotopic (exact) mass is 336 g/mol. The van der Waals surface area contributed by atoms with Gasteiger partial charge in [-0.05, 0) is 40.0 Å². The number of carbonyl (C=O) groups excluding carboxylic acids is 1. The summed E-state index contributed by atoms with van der Waals surface area (Å²) in [6.45, 7) is 0.507. The van der Waals surface area contributed by atoms with E-state index in [9.17, 15) is 9.18 Å². The highest BCUT2D eigenvalue weighted by Crippen LogP contribution is 2.22. The predicted octanol–water partition coefficient (Wildman–Crippen LogP) is 3.14. The minimum Gasteiger partial charge on any atom is -0.396 e. The standard InChI is InChI=1S/C15H14BrFN2O/c16-12-9-13(17)14(18)8-11(12)15(20)19-7-6-10-4-2-1-3-5-10/h1-5,8-9H,6-7,18H2,(H,19,20). The first-order valence-corrected chi connectivity index (χ1v) is 6.94. The van der Waals surface area contributed by atoms with Crippen LogP contribution >= 0.6 is 15.9 Å². The molecular weight excluding hydrogens is 323 g/mol. The van der Waals surface area contributed by atoms with Gasteiger partial charge in [0.2, 0.25) is 0 Å². The first-order chi connectivity index (χ1) is 9.58. The average Bonchev–Trinajstić information content (AvgIpc) is 2.44. The number of hydrogen-bond acceptors (Lipinski definition) is 2. The van der Waals surface area contributed by atoms with Crippen molar-refractivity contribution >= 4 is 27.5 Å². The van der Waals surface area contributed by atoms with E-state index >= 15 is 0 Å². The largest absolute Gasteiger partial charge is 0.396 e. The molecule has 20 heavy (non-hydrogen) atoms. The molecule has 3 N–H and O–H groups in total. The maximum absolute atomic E-state index is 13.2. The van der Waals surface area contributed by atoms with Gasteiger partial charge in [0.05, 0.1) is 11.3 Å². The van der Waals surface area contributed by atoms with Crippen LogP contribution < -0.4 is 11.1 Å². The van der Waals surface area contributed by atoms with E-state index in [4.69, 9.17) is 5.73 Å². The number of rotatable bonds is 4. The van der Waals surface area contributed by atoms with Crippen LogP contribution in [-0.4, -0.2) is 12.5 Å². The minimum atomic E-state index is -0.544. The Balaban J connectivity index is 1.97. The van der Waals surface area contributed by atoms with Gasteiger partial charge in [-0.1, -0.05) is 30.3 Å². The highest BCUT2D eigenvalue weighted by molar-refractivity contribution is 9.10. The molecule has 0 aliphatic rings. The molecule has 0 aliphatic heterocycles. The normalized spacial score (nSPS) is 10.3. The van der Waals surface area contributed by atoms with Gasteiger partial charge in [-0.3, -0.25) is 4.79 Å². The molecule has 0 spiro atoms. The number of halogens is 2. The molecule has 0 unspecified atom stereocenters. The third-order valence-corrected chi connectivity index (χ3v) is 3.53. The molecule has 0 radical (unpaired) electrons. The number of nitrogens with two attached hydrogens (primary N) is 1. The zero-order chi connectivity index (χ0) is 14.5. The van der Waals surface area contributed by atoms with Crippen molar-refractivity contribution < 1.29 is 9.18 Å². The fourth-order valence-corrected chi connectivity index (χ4v) is 2.30. The summed E-state index contributed by atoms with van der Waals surface area (Å²) in [4.78, 5) is 12.0. The Labute approximate surface area is 125 Å². The summed E-state index contributed by atoms with van der Waals surface area (Å²) >= 11 is 3.16. The topological polar surface area (TPSA) is 55.1 Å². The lowest BCUT2D eigenvalue weighted by molar-refractivity contribution is 0.0953. The second kappa shape index (κ2) is 6.52. The van der Waals surface area contributed by atoms with E-state index in [1.807, 2.05) is 30.3 Å². The first-order valence-electron chi connectivity index (χ1n) is 6.14. The fourth-order valence-electron chi connectivity index (χ4n) is 1.80. The van der Waals surface area contributed by atoms with Gasteiger partial charge in [-0.25, -0.2) is 4.39 Å². The van der Waals surface area contributed by atoms with Crippen molar-refractivity contribution in [3.8, 4) is 0 Å². The summed E-state index contributed by atoms with van der Waals surface area (Å²) in [7, 11) is 0. The fraction of sp³-hybridized carbons (Fsp3) is 0.133. The molecule has 3 nitrogen and oxygen atoms in total. The van der Waals surface area contributed by atoms with Gasteiger partial charge in [0.1, 0.15) is 5.82 Å². The second-order valence-electron chi connectivity index (χ2n) is 4.35. The van der Waals surface area contributed by atoms with E-state index in [0.29, 0.717) is 16.6 Å². The maximum atomic E-state index is 13.2. The molecule has 2 rings (SSSR count). The highest BCUT2D eigenvalue weighted by atomic mass is 79.9. The molecule has 0 heterocycles. The van der Waals surface area contributed by atoms with Crippen LogP contribution in [-0.2, 0) is 6.42 Å². The summed E-state index contributed by atoms with van der Waals surface area (Å²) in [5.74, 6) is -0.822. The lowest BCUT2D eigenvalue weighted by Crippen LogP contribution is -2.26. The van der Waals surface area contributed by atoms with Crippen molar-refractivity contribution in [3.63, 3.8) is 0 Å². The van der Waals surface area contributed by atoms with Crippen LogP contribution in [0.4, 0.5) is 10.1 Å². The van der Waals surface area contributed by atoms with Gasteiger partial charge in [0.25, 0.3) is 5.91 Å². The molecule has 0 bridgehead atoms. The SMILES string of the molecule is Nc1cc(C(=O)NCCc2ccccc2)c(Br)cc1F. The minimum absolute atomic E-state index is 0.0404. The summed E-state index contributed by atoms with van der Waals surface area (Å²) in [5.41, 5.74) is 6.91. The molecule has 0 aromatic heterocycles. The molecule has 0 atom stereocenters. The highest BCUT2D eigenvalue weighted by Gasteiger charge is 2.12. The summed E-state index contributed by atoms with van der Waals surface area (Å²) in [6, 6.07) is 12.4. The Morgan fingerprint density at radius 1 is 1.25 bits per heavy atom. The van der Waals surface area contributed by atoms with E-state index < -0.39 is 5.82 Å². The lowest BCUT2D eigenvalue weighted by Gasteiger charge is -2.08. The number of nitrogen functional groups attached to an aromatic ring is 1. The molecule has 0 fully saturated rings. The number of hydrogen-bond donors (Lipinski definition) is 2. The van der Waals surface area contributed by atoms with Crippen molar-refractivity contribution in [2.75, 3.05) is 12.3 Å². The van der Waals surface area contributed by atoms with Crippen LogP contribution in [0.5, 0.6) is 0 Å². The van der Waals surface area contributed by atoms with Crippen LogP contribution in [0, 0.1) is 5.82 Å². The lowest BCUT2D eigenvalue weighted by atomic mass is 10.1. The van der Waals surface area contributed by atoms with Crippen LogP contribution in [0.25, 0.3) is 0 Å². The van der Waals surface area contributed by atoms with Gasteiger partial charge in [-0.2, -0.15) is 0 Å². The van der Waals surface area contributed by atoms with E-state index in [1.54, 1.807) is 0 Å². The van der Waals surface area contributed by atoms with Crippen molar-refractivity contribution in [3.05, 3.63) is 63.9 Å². The van der Waals surface area contributed by atoms with E-state index in [2.05, 4.69) is 21.2 Å². The van der Waals surface area contributed by atoms with Crippen molar-refractivity contribution in [1.29, 1.82) is 0 Å². The Kier molecular flexibility index (Phi) is 4.74. The Morgan fingerprint density at radius 3 is 2.65 bits per heavy atom. The second-order valence-corrected chi connectivity index (χ2v) is 5.20. The van der Waals surface area contributed by atoms with E-state index in [-0.39, 0.29) is 11.6 Å². The molecule has 0 saturated heterocycles. The van der Waals surface area contributed by atoms with Crippen molar-refractivity contribution in [2.45, 2.75) is 6.42 Å². The van der Waals surface area contributed by atoms with Crippen LogP contribution in [0.3, 0.4) is 0 Å². The van der Waals surface area contributed by atoms with Gasteiger partial charge in [0, 0.05) is 11.0 Å². The number of carbonyl (C=O) groups is 1. The maximum Gasteiger partial charge on any atom is 0.252 e. The predicted molar refractivity (Wildman–Crippen MR) is 81.0 cm³/mol. The summed E-state index contributed by atoms with van der Waals surface area (Å²) in [6.07, 6.45) is 0.737. The number of amides is 1. The summed E-state index contributed by atoms with van der Waals surface area (Å²) < 4.78 is 13.6. The number of nitrogens with one attached hydrogen (secondary N) is 1. The number of benzene rings is 2. The van der Waals surface area contributed by atoms with Crippen LogP contribution in [0.15, 0.2) is 46.9 Å². The zero-order valence-electron chi connectivity index (χ0n) is 10.7. The first kappa shape index (κ1) is 14.5. The van der Waals surface area contributed by atoms with Crippen LogP contribution in [0.2, 0.25) is 0 Å². The van der Waals surface area contributed by atoms with Gasteiger partial charge >= 0.3 is 0 Å². The quantitative estimate of drug-likeness (QED) is 0.842. The molecule has 0 aliphatic carbocycles. The van der Waals surface area contributed by atoms with Gasteiger partial charge < -0.3 is 11.1 Å². The molecular formula is C15H14BrFN2O. The van der Waals surface area contributed by atoms with Crippen molar-refractivity contribution in [2.24, 2.45) is 0 Å². The van der Waals surface area contributed by atoms with Crippen LogP contribution in [0.1, 0.15) is 15.9 Å². The molecule has 104 valence electrons. The molecule has 1 amide bonds. The molecule has 5 heteroatoms. The van der Waals surface area contributed by atoms with Gasteiger partial charge in [0.15, 0.2) is 0 Å². The van der Waals surface area contributed by atoms with E-state index in [1.165, 1.54) is 12.1 Å². The van der Waals surface area contributed by atoms with E-state index in [0.717, 1.165) is 12.0 Å². The van der Waals surface area contributed by atoms with Crippen molar-refractivity contribution in [1.82, 2.24) is 5.32 Å². The molecule has 2 aromatic rings. The van der Waals surface area contributed by atoms with Gasteiger partial charge in [-0.15, -0.1) is 0 Å².